The van der Waals surface area contributed by atoms with E-state index >= 15 is 0 Å². The zero-order valence-corrected chi connectivity index (χ0v) is 8.97. The summed E-state index contributed by atoms with van der Waals surface area (Å²) in [4.78, 5) is 21.9. The number of carbonyl (C=O) groups excluding carboxylic acids is 1. The van der Waals surface area contributed by atoms with Gasteiger partial charge >= 0.3 is 12.0 Å². The molecule has 0 aromatic carbocycles. The minimum atomic E-state index is -1.28. The number of aliphatic hydroxyl groups is 1. The van der Waals surface area contributed by atoms with Crippen LogP contribution in [-0.4, -0.2) is 53.6 Å². The quantitative estimate of drug-likeness (QED) is 0.492. The zero-order valence-electron chi connectivity index (χ0n) is 8.97. The van der Waals surface area contributed by atoms with Crippen LogP contribution in [0.15, 0.2) is 0 Å². The van der Waals surface area contributed by atoms with E-state index in [1.807, 2.05) is 6.92 Å². The van der Waals surface area contributed by atoms with Crippen molar-refractivity contribution in [1.82, 2.24) is 10.6 Å². The molecule has 1 saturated heterocycles. The van der Waals surface area contributed by atoms with Crippen molar-refractivity contribution in [3.05, 3.63) is 0 Å². The molecule has 16 heavy (non-hydrogen) atoms. The normalized spacial score (nSPS) is 26.1. The third kappa shape index (κ3) is 3.35. The Hall–Kier alpha value is -1.34. The van der Waals surface area contributed by atoms with Gasteiger partial charge in [-0.15, -0.1) is 0 Å². The number of hydrogen-bond acceptors (Lipinski definition) is 4. The highest BCUT2D eigenvalue weighted by atomic mass is 16.5. The van der Waals surface area contributed by atoms with E-state index in [1.165, 1.54) is 0 Å². The molecule has 0 saturated carbocycles. The van der Waals surface area contributed by atoms with Gasteiger partial charge in [-0.1, -0.05) is 0 Å². The number of amides is 2. The van der Waals surface area contributed by atoms with Crippen molar-refractivity contribution in [1.29, 1.82) is 0 Å². The molecule has 1 aliphatic rings. The molecule has 0 radical (unpaired) electrons. The van der Waals surface area contributed by atoms with Crippen LogP contribution in [0.5, 0.6) is 0 Å². The van der Waals surface area contributed by atoms with Crippen LogP contribution in [0.1, 0.15) is 13.3 Å². The Bertz CT molecular complexity index is 271. The predicted octanol–water partition coefficient (Wildman–Crippen LogP) is -1.09. The van der Waals surface area contributed by atoms with Crippen LogP contribution in [0.3, 0.4) is 0 Å². The molecule has 2 amide bonds. The maximum Gasteiger partial charge on any atom is 0.328 e. The Morgan fingerprint density at radius 1 is 1.56 bits per heavy atom. The van der Waals surface area contributed by atoms with E-state index in [2.05, 4.69) is 10.6 Å². The molecule has 1 fully saturated rings. The van der Waals surface area contributed by atoms with Gasteiger partial charge in [-0.05, 0) is 13.3 Å². The van der Waals surface area contributed by atoms with Crippen molar-refractivity contribution in [3.8, 4) is 0 Å². The van der Waals surface area contributed by atoms with E-state index in [0.29, 0.717) is 13.0 Å². The van der Waals surface area contributed by atoms with E-state index < -0.39 is 24.6 Å². The third-order valence-corrected chi connectivity index (χ3v) is 2.48. The highest BCUT2D eigenvalue weighted by molar-refractivity contribution is 5.82. The summed E-state index contributed by atoms with van der Waals surface area (Å²) in [6.07, 6.45) is 0.619. The summed E-state index contributed by atoms with van der Waals surface area (Å²) in [6.45, 7) is 1.77. The first-order chi connectivity index (χ1) is 7.54. The topological polar surface area (TPSA) is 108 Å². The van der Waals surface area contributed by atoms with Gasteiger partial charge in [0.05, 0.1) is 18.8 Å². The molecule has 0 bridgehead atoms. The molecule has 4 N–H and O–H groups in total. The predicted molar refractivity (Wildman–Crippen MR) is 54.0 cm³/mol. The number of aliphatic hydroxyl groups excluding tert-OH is 1. The molecule has 1 rings (SSSR count). The van der Waals surface area contributed by atoms with Gasteiger partial charge in [0.25, 0.3) is 0 Å². The molecule has 2 unspecified atom stereocenters. The zero-order chi connectivity index (χ0) is 12.1. The number of hydrogen-bond donors (Lipinski definition) is 4. The number of aliphatic carboxylic acids is 1. The Labute approximate surface area is 92.8 Å². The molecular formula is C9H16N2O5. The Morgan fingerprint density at radius 2 is 2.25 bits per heavy atom. The lowest BCUT2D eigenvalue weighted by Gasteiger charge is -2.18. The van der Waals surface area contributed by atoms with Crippen molar-refractivity contribution in [2.24, 2.45) is 0 Å². The molecule has 1 heterocycles. The van der Waals surface area contributed by atoms with Crippen LogP contribution in [0.2, 0.25) is 0 Å². The Kier molecular flexibility index (Phi) is 4.51. The number of urea groups is 1. The van der Waals surface area contributed by atoms with Crippen LogP contribution in [-0.2, 0) is 9.53 Å². The van der Waals surface area contributed by atoms with Crippen molar-refractivity contribution < 1.29 is 24.5 Å². The first-order valence-electron chi connectivity index (χ1n) is 5.07. The van der Waals surface area contributed by atoms with Crippen molar-refractivity contribution in [2.75, 3.05) is 13.2 Å². The molecule has 92 valence electrons. The number of carbonyl (C=O) groups is 2. The number of carboxylic acids is 1. The fourth-order valence-corrected chi connectivity index (χ4v) is 1.48. The second-order valence-corrected chi connectivity index (χ2v) is 3.66. The molecule has 3 atom stereocenters. The van der Waals surface area contributed by atoms with Crippen molar-refractivity contribution in [2.45, 2.75) is 31.5 Å². The third-order valence-electron chi connectivity index (χ3n) is 2.48. The van der Waals surface area contributed by atoms with Gasteiger partial charge in [-0.2, -0.15) is 0 Å². The van der Waals surface area contributed by atoms with Crippen LogP contribution in [0.4, 0.5) is 4.79 Å². The Morgan fingerprint density at radius 3 is 2.69 bits per heavy atom. The van der Waals surface area contributed by atoms with E-state index in [4.69, 9.17) is 14.9 Å². The number of ether oxygens (including phenoxy) is 1. The molecule has 0 aromatic heterocycles. The second kappa shape index (κ2) is 5.66. The van der Waals surface area contributed by atoms with Gasteiger partial charge in [0.2, 0.25) is 0 Å². The van der Waals surface area contributed by atoms with E-state index in [0.717, 1.165) is 0 Å². The number of carboxylic acid groups (broad SMARTS) is 1. The van der Waals surface area contributed by atoms with Crippen LogP contribution < -0.4 is 10.6 Å². The minimum Gasteiger partial charge on any atom is -0.480 e. The van der Waals surface area contributed by atoms with Gasteiger partial charge < -0.3 is 25.6 Å². The highest BCUT2D eigenvalue weighted by Crippen LogP contribution is 2.12. The van der Waals surface area contributed by atoms with Gasteiger partial charge in [0, 0.05) is 6.61 Å². The summed E-state index contributed by atoms with van der Waals surface area (Å²) in [5, 5.41) is 22.1. The molecule has 0 aromatic rings. The molecule has 7 nitrogen and oxygen atoms in total. The first kappa shape index (κ1) is 12.7. The van der Waals surface area contributed by atoms with Crippen LogP contribution >= 0.6 is 0 Å². The standard InChI is InChI=1S/C9H16N2O5/c1-5-6(2-3-16-5)10-9(15)11-7(4-12)8(13)14/h5-7,12H,2-4H2,1H3,(H,13,14)(H2,10,11,15)/t5?,6?,7-/m0/s1. The molecule has 0 spiro atoms. The van der Waals surface area contributed by atoms with E-state index in [-0.39, 0.29) is 12.1 Å². The van der Waals surface area contributed by atoms with Gasteiger partial charge in [-0.25, -0.2) is 9.59 Å². The average Bonchev–Trinajstić information content (AvgIpc) is 2.60. The maximum atomic E-state index is 11.4. The lowest BCUT2D eigenvalue weighted by molar-refractivity contribution is -0.140. The second-order valence-electron chi connectivity index (χ2n) is 3.66. The fourth-order valence-electron chi connectivity index (χ4n) is 1.48. The molecular weight excluding hydrogens is 216 g/mol. The van der Waals surface area contributed by atoms with Gasteiger partial charge in [0.15, 0.2) is 6.04 Å². The van der Waals surface area contributed by atoms with Crippen molar-refractivity contribution in [3.63, 3.8) is 0 Å². The average molecular weight is 232 g/mol. The van der Waals surface area contributed by atoms with E-state index in [9.17, 15) is 9.59 Å². The largest absolute Gasteiger partial charge is 0.480 e. The lowest BCUT2D eigenvalue weighted by atomic mass is 10.2. The van der Waals surface area contributed by atoms with E-state index in [1.54, 1.807) is 0 Å². The molecule has 7 heteroatoms. The van der Waals surface area contributed by atoms with Crippen LogP contribution in [0.25, 0.3) is 0 Å². The Balaban J connectivity index is 2.37. The SMILES string of the molecule is CC1OCCC1NC(=O)N[C@@H](CO)C(=O)O. The highest BCUT2D eigenvalue weighted by Gasteiger charge is 2.27. The number of rotatable bonds is 4. The molecule has 0 aliphatic carbocycles. The smallest absolute Gasteiger partial charge is 0.328 e. The minimum absolute atomic E-state index is 0.0804. The fraction of sp³-hybridized carbons (Fsp3) is 0.778. The molecule has 1 aliphatic heterocycles. The maximum absolute atomic E-state index is 11.4. The summed E-state index contributed by atoms with van der Waals surface area (Å²) in [6, 6.07) is -2.01. The summed E-state index contributed by atoms with van der Waals surface area (Å²) in [7, 11) is 0. The summed E-state index contributed by atoms with van der Waals surface area (Å²) >= 11 is 0. The van der Waals surface area contributed by atoms with Gasteiger partial charge in [-0.3, -0.25) is 0 Å². The summed E-state index contributed by atoms with van der Waals surface area (Å²) in [5.74, 6) is -1.27. The monoisotopic (exact) mass is 232 g/mol. The van der Waals surface area contributed by atoms with Gasteiger partial charge in [0.1, 0.15) is 0 Å². The lowest BCUT2D eigenvalue weighted by Crippen LogP contribution is -2.51. The number of nitrogens with one attached hydrogen (secondary N) is 2. The first-order valence-corrected chi connectivity index (χ1v) is 5.07. The van der Waals surface area contributed by atoms with Crippen LogP contribution in [0, 0.1) is 0 Å². The van der Waals surface area contributed by atoms with Crippen molar-refractivity contribution >= 4 is 12.0 Å². The summed E-state index contributed by atoms with van der Waals surface area (Å²) < 4.78 is 5.24. The summed E-state index contributed by atoms with van der Waals surface area (Å²) in [5.41, 5.74) is 0.